The molecule has 0 radical (unpaired) electrons. The number of carbonyl (C=O) groups is 2. The van der Waals surface area contributed by atoms with E-state index < -0.39 is 29.3 Å². The summed E-state index contributed by atoms with van der Waals surface area (Å²) in [5, 5.41) is 14.2. The highest BCUT2D eigenvalue weighted by Gasteiger charge is 2.54. The van der Waals surface area contributed by atoms with Crippen LogP contribution in [0.3, 0.4) is 0 Å². The number of benzene rings is 1. The van der Waals surface area contributed by atoms with Gasteiger partial charge in [-0.25, -0.2) is 9.59 Å². The van der Waals surface area contributed by atoms with E-state index in [1.165, 1.54) is 4.90 Å². The van der Waals surface area contributed by atoms with Crippen molar-refractivity contribution in [3.05, 3.63) is 34.9 Å². The molecule has 2 aliphatic heterocycles. The fourth-order valence-electron chi connectivity index (χ4n) is 3.22. The van der Waals surface area contributed by atoms with E-state index in [2.05, 4.69) is 5.16 Å². The van der Waals surface area contributed by atoms with E-state index in [4.69, 9.17) is 21.2 Å². The van der Waals surface area contributed by atoms with Crippen LogP contribution in [0, 0.1) is 0 Å². The minimum Gasteiger partial charge on any atom is -0.480 e. The Kier molecular flexibility index (Phi) is 4.60. The molecule has 0 bridgehead atoms. The number of halogens is 1. The molecule has 2 aliphatic rings. The van der Waals surface area contributed by atoms with Gasteiger partial charge in [-0.15, -0.1) is 0 Å². The second-order valence-electron chi connectivity index (χ2n) is 7.67. The van der Waals surface area contributed by atoms with Crippen molar-refractivity contribution in [3.63, 3.8) is 0 Å². The molecular formula is C18H21ClN2O5. The van der Waals surface area contributed by atoms with Gasteiger partial charge in [-0.05, 0) is 32.9 Å². The molecule has 1 amide bonds. The lowest BCUT2D eigenvalue weighted by molar-refractivity contribution is -0.142. The number of amides is 1. The summed E-state index contributed by atoms with van der Waals surface area (Å²) in [4.78, 5) is 30.9. The van der Waals surface area contributed by atoms with Crippen LogP contribution in [0.1, 0.15) is 39.2 Å². The molecule has 1 aromatic carbocycles. The standard InChI is InChI=1S/C18H21ClN2O5/c1-17(2,3)25-16(24)21-10-18(9-14(21)15(22)23)8-13(20-26-18)11-5-4-6-12(19)7-11/h4-7,14H,8-10H2,1-3H3,(H,22,23). The van der Waals surface area contributed by atoms with E-state index >= 15 is 0 Å². The van der Waals surface area contributed by atoms with Gasteiger partial charge < -0.3 is 14.7 Å². The van der Waals surface area contributed by atoms with Crippen molar-refractivity contribution >= 4 is 29.4 Å². The lowest BCUT2D eigenvalue weighted by atomic mass is 9.92. The van der Waals surface area contributed by atoms with Crippen LogP contribution in [-0.2, 0) is 14.4 Å². The van der Waals surface area contributed by atoms with Crippen molar-refractivity contribution in [3.8, 4) is 0 Å². The Morgan fingerprint density at radius 3 is 2.77 bits per heavy atom. The van der Waals surface area contributed by atoms with Gasteiger partial charge in [-0.3, -0.25) is 4.90 Å². The third kappa shape index (κ3) is 3.77. The van der Waals surface area contributed by atoms with Gasteiger partial charge in [-0.1, -0.05) is 28.9 Å². The molecule has 1 spiro atoms. The second kappa shape index (κ2) is 6.46. The molecule has 1 N–H and O–H groups in total. The van der Waals surface area contributed by atoms with Gasteiger partial charge in [0.05, 0.1) is 12.3 Å². The first-order valence-corrected chi connectivity index (χ1v) is 8.70. The molecule has 8 heteroatoms. The topological polar surface area (TPSA) is 88.4 Å². The molecule has 7 nitrogen and oxygen atoms in total. The smallest absolute Gasteiger partial charge is 0.411 e. The Bertz CT molecular complexity index is 773. The van der Waals surface area contributed by atoms with Crippen molar-refractivity contribution in [2.24, 2.45) is 5.16 Å². The number of aliphatic carboxylic acids is 1. The molecule has 2 unspecified atom stereocenters. The second-order valence-corrected chi connectivity index (χ2v) is 8.10. The maximum atomic E-state index is 12.4. The highest BCUT2D eigenvalue weighted by Crippen LogP contribution is 2.39. The highest BCUT2D eigenvalue weighted by molar-refractivity contribution is 6.31. The first-order chi connectivity index (χ1) is 12.1. The van der Waals surface area contributed by atoms with Crippen LogP contribution in [0.2, 0.25) is 5.02 Å². The number of hydrogen-bond acceptors (Lipinski definition) is 5. The van der Waals surface area contributed by atoms with Gasteiger partial charge in [0.15, 0.2) is 5.60 Å². The first-order valence-electron chi connectivity index (χ1n) is 8.32. The SMILES string of the molecule is CC(C)(C)OC(=O)N1CC2(CC(c3cccc(Cl)c3)=NO2)CC1C(=O)O. The quantitative estimate of drug-likeness (QED) is 0.850. The molecule has 3 rings (SSSR count). The van der Waals surface area contributed by atoms with Crippen LogP contribution >= 0.6 is 11.6 Å². The number of hydrogen-bond donors (Lipinski definition) is 1. The number of rotatable bonds is 2. The van der Waals surface area contributed by atoms with Crippen molar-refractivity contribution in [1.82, 2.24) is 4.90 Å². The molecular weight excluding hydrogens is 360 g/mol. The summed E-state index contributed by atoms with van der Waals surface area (Å²) in [6.45, 7) is 5.31. The maximum absolute atomic E-state index is 12.4. The zero-order chi connectivity index (χ0) is 19.1. The molecule has 1 saturated heterocycles. The lowest BCUT2D eigenvalue weighted by Crippen LogP contribution is -2.44. The average molecular weight is 381 g/mol. The van der Waals surface area contributed by atoms with Gasteiger partial charge >= 0.3 is 12.1 Å². The average Bonchev–Trinajstić information content (AvgIpc) is 3.11. The van der Waals surface area contributed by atoms with Gasteiger partial charge in [0.25, 0.3) is 0 Å². The highest BCUT2D eigenvalue weighted by atomic mass is 35.5. The largest absolute Gasteiger partial charge is 0.480 e. The minimum absolute atomic E-state index is 0.104. The van der Waals surface area contributed by atoms with Gasteiger partial charge in [0.2, 0.25) is 0 Å². The normalized spacial score (nSPS) is 25.2. The monoisotopic (exact) mass is 380 g/mol. The summed E-state index contributed by atoms with van der Waals surface area (Å²) in [7, 11) is 0. The Hall–Kier alpha value is -2.28. The summed E-state index contributed by atoms with van der Waals surface area (Å²) in [5.41, 5.74) is -0.0772. The van der Waals surface area contributed by atoms with E-state index in [0.29, 0.717) is 17.2 Å². The van der Waals surface area contributed by atoms with Crippen molar-refractivity contribution < 1.29 is 24.3 Å². The minimum atomic E-state index is -1.09. The molecule has 0 saturated carbocycles. The van der Waals surface area contributed by atoms with Crippen LogP contribution < -0.4 is 0 Å². The van der Waals surface area contributed by atoms with E-state index in [-0.39, 0.29) is 13.0 Å². The summed E-state index contributed by atoms with van der Waals surface area (Å²) in [6, 6.07) is 6.20. The number of carbonyl (C=O) groups excluding carboxylic acids is 1. The van der Waals surface area contributed by atoms with Crippen LogP contribution in [-0.4, -0.2) is 51.6 Å². The Balaban J connectivity index is 1.78. The van der Waals surface area contributed by atoms with Crippen LogP contribution in [0.4, 0.5) is 4.79 Å². The van der Waals surface area contributed by atoms with Gasteiger partial charge in [0.1, 0.15) is 11.6 Å². The Labute approximate surface area is 156 Å². The predicted molar refractivity (Wildman–Crippen MR) is 95.4 cm³/mol. The van der Waals surface area contributed by atoms with Crippen LogP contribution in [0.15, 0.2) is 29.4 Å². The van der Waals surface area contributed by atoms with Crippen molar-refractivity contribution in [2.75, 3.05) is 6.54 Å². The molecule has 140 valence electrons. The molecule has 0 aliphatic carbocycles. The number of ether oxygens (including phenoxy) is 1. The number of oxime groups is 1. The first kappa shape index (κ1) is 18.5. The molecule has 1 fully saturated rings. The van der Waals surface area contributed by atoms with E-state index in [1.807, 2.05) is 12.1 Å². The molecule has 2 heterocycles. The Morgan fingerprint density at radius 1 is 1.42 bits per heavy atom. The van der Waals surface area contributed by atoms with Crippen molar-refractivity contribution in [1.29, 1.82) is 0 Å². The predicted octanol–water partition coefficient (Wildman–Crippen LogP) is 3.30. The van der Waals surface area contributed by atoms with E-state index in [9.17, 15) is 14.7 Å². The zero-order valence-corrected chi connectivity index (χ0v) is 15.6. The lowest BCUT2D eigenvalue weighted by Gasteiger charge is -2.27. The zero-order valence-electron chi connectivity index (χ0n) is 14.9. The molecule has 2 atom stereocenters. The number of nitrogens with zero attached hydrogens (tertiary/aromatic N) is 2. The third-order valence-corrected chi connectivity index (χ3v) is 4.55. The van der Waals surface area contributed by atoms with Gasteiger partial charge in [-0.2, -0.15) is 0 Å². The maximum Gasteiger partial charge on any atom is 0.411 e. The fraction of sp³-hybridized carbons (Fsp3) is 0.500. The molecule has 1 aromatic rings. The number of carboxylic acid groups (broad SMARTS) is 1. The summed E-state index contributed by atoms with van der Waals surface area (Å²) in [6.07, 6.45) is -0.118. The fourth-order valence-corrected chi connectivity index (χ4v) is 3.41. The van der Waals surface area contributed by atoms with Crippen LogP contribution in [0.25, 0.3) is 0 Å². The summed E-state index contributed by atoms with van der Waals surface area (Å²) in [5.74, 6) is -1.09. The van der Waals surface area contributed by atoms with Crippen LogP contribution in [0.5, 0.6) is 0 Å². The van der Waals surface area contributed by atoms with E-state index in [1.54, 1.807) is 32.9 Å². The molecule has 26 heavy (non-hydrogen) atoms. The summed E-state index contributed by atoms with van der Waals surface area (Å²) >= 11 is 6.02. The van der Waals surface area contributed by atoms with E-state index in [0.717, 1.165) is 5.56 Å². The van der Waals surface area contributed by atoms with Crippen molar-refractivity contribution in [2.45, 2.75) is 50.9 Å². The molecule has 0 aromatic heterocycles. The summed E-state index contributed by atoms with van der Waals surface area (Å²) < 4.78 is 5.35. The van der Waals surface area contributed by atoms with Gasteiger partial charge in [0, 0.05) is 23.4 Å². The number of carboxylic acids is 1. The number of likely N-dealkylation sites (tertiary alicyclic amines) is 1. The third-order valence-electron chi connectivity index (χ3n) is 4.31. The Morgan fingerprint density at radius 2 is 2.15 bits per heavy atom.